The molecule has 3 nitrogen and oxygen atoms in total. The molecule has 0 atom stereocenters. The fourth-order valence-electron chi connectivity index (χ4n) is 2.21. The van der Waals surface area contributed by atoms with E-state index in [1.54, 1.807) is 6.07 Å². The maximum absolute atomic E-state index is 5.78. The van der Waals surface area contributed by atoms with E-state index >= 15 is 0 Å². The fraction of sp³-hybridized carbons (Fsp3) is 0.375. The van der Waals surface area contributed by atoms with E-state index in [0.717, 1.165) is 5.69 Å². The molecule has 2 rings (SSSR count). The fourth-order valence-corrected chi connectivity index (χ4v) is 2.31. The van der Waals surface area contributed by atoms with E-state index in [2.05, 4.69) is 61.4 Å². The van der Waals surface area contributed by atoms with Crippen molar-refractivity contribution >= 4 is 23.1 Å². The van der Waals surface area contributed by atoms with Crippen LogP contribution in [0.25, 0.3) is 0 Å². The van der Waals surface area contributed by atoms with Crippen LogP contribution in [0.2, 0.25) is 5.15 Å². The molecule has 0 aliphatic rings. The molecule has 5 heteroatoms. The molecule has 0 aliphatic heterocycles. The average Bonchev–Trinajstić information content (AvgIpc) is 2.41. The summed E-state index contributed by atoms with van der Waals surface area (Å²) in [6, 6.07) is 10.0. The molecule has 0 aliphatic carbocycles. The number of nitrogens with one attached hydrogen (secondary N) is 1. The van der Waals surface area contributed by atoms with Gasteiger partial charge in [0.15, 0.2) is 11.0 Å². The Morgan fingerprint density at radius 2 is 1.48 bits per heavy atom. The molecule has 0 amide bonds. The van der Waals surface area contributed by atoms with Crippen LogP contribution in [0.1, 0.15) is 50.7 Å². The van der Waals surface area contributed by atoms with Crippen molar-refractivity contribution in [3.8, 4) is 0 Å². The zero-order chi connectivity index (χ0) is 14.7. The van der Waals surface area contributed by atoms with Gasteiger partial charge in [-0.2, -0.15) is 0 Å². The number of para-hydroxylation sites is 1. The number of nitrogens with zero attached hydrogens (tertiary/aromatic N) is 2. The number of anilines is 2. The van der Waals surface area contributed by atoms with Crippen molar-refractivity contribution in [3.63, 3.8) is 0 Å². The number of halogens is 1. The van der Waals surface area contributed by atoms with Crippen molar-refractivity contribution in [1.82, 2.24) is 10.2 Å². The van der Waals surface area contributed by atoms with Crippen LogP contribution >= 0.6 is 11.6 Å². The van der Waals surface area contributed by atoms with Crippen LogP contribution in [0, 0.1) is 0 Å². The SMILES string of the molecule is CC(C)c1cccc(C(C)C)c1Nc1ccc(Cl)nn1.[Ni]. The molecule has 0 saturated carbocycles. The molecule has 21 heavy (non-hydrogen) atoms. The van der Waals surface area contributed by atoms with Gasteiger partial charge in [-0.1, -0.05) is 57.5 Å². The third-order valence-electron chi connectivity index (χ3n) is 3.26. The summed E-state index contributed by atoms with van der Waals surface area (Å²) in [5.41, 5.74) is 3.70. The first-order valence-electron chi connectivity index (χ1n) is 6.88. The first kappa shape index (κ1) is 17.9. The van der Waals surface area contributed by atoms with Gasteiger partial charge in [0, 0.05) is 22.2 Å². The molecule has 0 unspecified atom stereocenters. The second-order valence-corrected chi connectivity index (χ2v) is 5.87. The topological polar surface area (TPSA) is 37.8 Å². The second kappa shape index (κ2) is 7.77. The number of hydrogen-bond acceptors (Lipinski definition) is 3. The zero-order valence-corrected chi connectivity index (χ0v) is 14.4. The van der Waals surface area contributed by atoms with Crippen LogP contribution < -0.4 is 5.32 Å². The van der Waals surface area contributed by atoms with Gasteiger partial charge in [-0.15, -0.1) is 10.2 Å². The Morgan fingerprint density at radius 1 is 0.905 bits per heavy atom. The molecule has 0 radical (unpaired) electrons. The van der Waals surface area contributed by atoms with Crippen molar-refractivity contribution in [2.45, 2.75) is 39.5 Å². The van der Waals surface area contributed by atoms with Crippen molar-refractivity contribution in [1.29, 1.82) is 0 Å². The van der Waals surface area contributed by atoms with Crippen molar-refractivity contribution in [2.24, 2.45) is 0 Å². The smallest absolute Gasteiger partial charge is 0.153 e. The molecule has 1 heterocycles. The Labute approximate surface area is 141 Å². The minimum Gasteiger partial charge on any atom is -0.338 e. The van der Waals surface area contributed by atoms with Gasteiger partial charge in [-0.05, 0) is 35.1 Å². The van der Waals surface area contributed by atoms with Gasteiger partial charge >= 0.3 is 0 Å². The molecular weight excluding hydrogens is 328 g/mol. The standard InChI is InChI=1S/C16H20ClN3.Ni/c1-10(2)12-6-5-7-13(11(3)4)16(12)18-15-9-8-14(17)19-20-15;/h5-11H,1-4H3,(H,18,20);. The minimum atomic E-state index is 0. The van der Waals surface area contributed by atoms with E-state index in [-0.39, 0.29) is 16.5 Å². The van der Waals surface area contributed by atoms with Crippen LogP contribution in [0.4, 0.5) is 11.5 Å². The Kier molecular flexibility index (Phi) is 6.63. The molecule has 2 aromatic rings. The van der Waals surface area contributed by atoms with Gasteiger partial charge in [0.1, 0.15) is 0 Å². The number of aromatic nitrogens is 2. The van der Waals surface area contributed by atoms with Crippen LogP contribution in [0.15, 0.2) is 30.3 Å². The predicted molar refractivity (Wildman–Crippen MR) is 84.9 cm³/mol. The van der Waals surface area contributed by atoms with Crippen molar-refractivity contribution in [2.75, 3.05) is 5.32 Å². The molecule has 1 aromatic heterocycles. The van der Waals surface area contributed by atoms with Gasteiger partial charge in [0.05, 0.1) is 0 Å². The van der Waals surface area contributed by atoms with E-state index in [0.29, 0.717) is 22.8 Å². The molecule has 0 spiro atoms. The van der Waals surface area contributed by atoms with Gasteiger partial charge in [0.2, 0.25) is 0 Å². The van der Waals surface area contributed by atoms with E-state index < -0.39 is 0 Å². The molecule has 0 saturated heterocycles. The number of benzene rings is 1. The molecule has 0 bridgehead atoms. The minimum absolute atomic E-state index is 0. The first-order valence-corrected chi connectivity index (χ1v) is 7.26. The summed E-state index contributed by atoms with van der Waals surface area (Å²) in [6.07, 6.45) is 0. The summed E-state index contributed by atoms with van der Waals surface area (Å²) in [5, 5.41) is 11.8. The van der Waals surface area contributed by atoms with Crippen LogP contribution in [-0.2, 0) is 16.5 Å². The first-order chi connectivity index (χ1) is 9.49. The number of rotatable bonds is 4. The quantitative estimate of drug-likeness (QED) is 0.780. The van der Waals surface area contributed by atoms with Gasteiger partial charge in [-0.3, -0.25) is 0 Å². The Morgan fingerprint density at radius 3 is 1.90 bits per heavy atom. The summed E-state index contributed by atoms with van der Waals surface area (Å²) in [5.74, 6) is 1.59. The van der Waals surface area contributed by atoms with E-state index in [1.807, 2.05) is 6.07 Å². The van der Waals surface area contributed by atoms with Crippen LogP contribution in [-0.4, -0.2) is 10.2 Å². The van der Waals surface area contributed by atoms with Gasteiger partial charge < -0.3 is 5.32 Å². The molecular formula is C16H20ClN3Ni. The maximum Gasteiger partial charge on any atom is 0.153 e. The maximum atomic E-state index is 5.78. The normalized spacial score (nSPS) is 10.6. The largest absolute Gasteiger partial charge is 0.338 e. The average molecular weight is 349 g/mol. The number of hydrogen-bond donors (Lipinski definition) is 1. The molecule has 0 fully saturated rings. The van der Waals surface area contributed by atoms with Gasteiger partial charge in [0.25, 0.3) is 0 Å². The molecule has 116 valence electrons. The predicted octanol–water partition coefficient (Wildman–Crippen LogP) is 5.12. The summed E-state index contributed by atoms with van der Waals surface area (Å²) < 4.78 is 0. The summed E-state index contributed by atoms with van der Waals surface area (Å²) in [4.78, 5) is 0. The van der Waals surface area contributed by atoms with E-state index in [4.69, 9.17) is 11.6 Å². The van der Waals surface area contributed by atoms with Crippen molar-refractivity contribution in [3.05, 3.63) is 46.6 Å². The van der Waals surface area contributed by atoms with E-state index in [1.165, 1.54) is 11.1 Å². The monoisotopic (exact) mass is 347 g/mol. The second-order valence-electron chi connectivity index (χ2n) is 5.49. The molecule has 1 aromatic carbocycles. The van der Waals surface area contributed by atoms with E-state index in [9.17, 15) is 0 Å². The third kappa shape index (κ3) is 4.42. The zero-order valence-electron chi connectivity index (χ0n) is 12.6. The molecule has 1 N–H and O–H groups in total. The summed E-state index contributed by atoms with van der Waals surface area (Å²) in [6.45, 7) is 8.77. The van der Waals surface area contributed by atoms with Crippen LogP contribution in [0.5, 0.6) is 0 Å². The summed E-state index contributed by atoms with van der Waals surface area (Å²) in [7, 11) is 0. The van der Waals surface area contributed by atoms with Crippen molar-refractivity contribution < 1.29 is 16.5 Å². The third-order valence-corrected chi connectivity index (χ3v) is 3.46. The Balaban J connectivity index is 0.00000220. The van der Waals surface area contributed by atoms with Gasteiger partial charge in [-0.25, -0.2) is 0 Å². The Bertz CT molecular complexity index is 556. The Hall–Kier alpha value is -1.12. The van der Waals surface area contributed by atoms with Crippen LogP contribution in [0.3, 0.4) is 0 Å². The summed E-state index contributed by atoms with van der Waals surface area (Å²) >= 11 is 5.78.